The van der Waals surface area contributed by atoms with Crippen molar-refractivity contribution in [2.45, 2.75) is 0 Å². The first-order chi connectivity index (χ1) is 3.41. The van der Waals surface area contributed by atoms with Gasteiger partial charge < -0.3 is 9.11 Å². The monoisotopic (exact) mass is 190 g/mol. The molecule has 0 aliphatic rings. The van der Waals surface area contributed by atoms with Crippen molar-refractivity contribution in [2.75, 3.05) is 0 Å². The minimum absolute atomic E-state index is 0. The zero-order valence-corrected chi connectivity index (χ0v) is 10.4. The molecule has 0 unspecified atom stereocenters. The van der Waals surface area contributed by atoms with Crippen molar-refractivity contribution in [3.05, 3.63) is 0 Å². The summed E-state index contributed by atoms with van der Waals surface area (Å²) in [5, 5.41) is 0. The zero-order chi connectivity index (χ0) is 7.21. The van der Waals surface area contributed by atoms with Gasteiger partial charge in [-0.1, -0.05) is 0 Å². The van der Waals surface area contributed by atoms with Crippen LogP contribution < -0.4 is 70.9 Å². The number of rotatable bonds is 0. The molecule has 0 saturated heterocycles. The Morgan fingerprint density at radius 1 is 1.10 bits per heavy atom. The van der Waals surface area contributed by atoms with Gasteiger partial charge in [0.15, 0.2) is 0 Å². The molecule has 0 radical (unpaired) electrons. The Morgan fingerprint density at radius 3 is 1.10 bits per heavy atom. The van der Waals surface area contributed by atoms with E-state index in [1.54, 1.807) is 0 Å². The van der Waals surface area contributed by atoms with Gasteiger partial charge in [-0.05, 0) is 0 Å². The standard InChI is InChI=1S/H4N2O.2Na.H2O4S/c1-3-2;;;1-5(2,3)4/h1-2H2;;;(H2,1,2,3,4)/q;2*+1;/p-2. The summed E-state index contributed by atoms with van der Waals surface area (Å²) in [5.74, 6) is 8.25. The molecule has 0 aromatic carbocycles. The van der Waals surface area contributed by atoms with E-state index in [4.69, 9.17) is 17.5 Å². The molecule has 52 valence electrons. The van der Waals surface area contributed by atoms with Gasteiger partial charge in [-0.15, -0.1) is 0 Å². The molecule has 4 N–H and O–H groups in total. The summed E-state index contributed by atoms with van der Waals surface area (Å²) in [5.41, 5.74) is 0. The Balaban J connectivity index is -0.0000000326. The summed E-state index contributed by atoms with van der Waals surface area (Å²) in [7, 11) is -5.17. The molecular weight excluding hydrogens is 186 g/mol. The molecule has 7 nitrogen and oxygen atoms in total. The molecule has 10 heavy (non-hydrogen) atoms. The van der Waals surface area contributed by atoms with Crippen LogP contribution in [0, 0.1) is 0 Å². The van der Waals surface area contributed by atoms with Crippen LogP contribution in [0.2, 0.25) is 0 Å². The van der Waals surface area contributed by atoms with Crippen molar-refractivity contribution < 1.29 is 81.6 Å². The summed E-state index contributed by atoms with van der Waals surface area (Å²) in [6.45, 7) is 0. The molecule has 0 aliphatic heterocycles. The fourth-order valence-corrected chi connectivity index (χ4v) is 0. The van der Waals surface area contributed by atoms with Crippen molar-refractivity contribution in [2.24, 2.45) is 11.8 Å². The normalized spacial score (nSPS) is 7.60. The fourth-order valence-electron chi connectivity index (χ4n) is 0. The first-order valence-electron chi connectivity index (χ1n) is 1.14. The Bertz CT molecular complexity index is 112. The summed E-state index contributed by atoms with van der Waals surface area (Å²) in [6.07, 6.45) is 0. The molecule has 0 amide bonds. The minimum Gasteiger partial charge on any atom is -0.759 e. The molecule has 0 saturated carbocycles. The van der Waals surface area contributed by atoms with Crippen LogP contribution >= 0.6 is 0 Å². The quantitative estimate of drug-likeness (QED) is 0.167. The second kappa shape index (κ2) is 13.3. The molecule has 0 atom stereocenters. The molecule has 0 aromatic heterocycles. The maximum atomic E-state index is 8.52. The van der Waals surface area contributed by atoms with E-state index in [1.807, 2.05) is 0 Å². The van der Waals surface area contributed by atoms with Gasteiger partial charge in [-0.2, -0.15) is 11.8 Å². The summed E-state index contributed by atoms with van der Waals surface area (Å²) in [4.78, 5) is 3.25. The predicted molar refractivity (Wildman–Crippen MR) is 19.9 cm³/mol. The number of hydrogen-bond acceptors (Lipinski definition) is 7. The smallest absolute Gasteiger partial charge is 0.759 e. The van der Waals surface area contributed by atoms with Gasteiger partial charge in [0.05, 0.1) is 0 Å². The average molecular weight is 190 g/mol. The van der Waals surface area contributed by atoms with Crippen LogP contribution in [-0.2, 0) is 15.3 Å². The Morgan fingerprint density at radius 2 is 1.10 bits per heavy atom. The van der Waals surface area contributed by atoms with Crippen LogP contribution in [0.1, 0.15) is 0 Å². The molecule has 0 bridgehead atoms. The first-order valence-corrected chi connectivity index (χ1v) is 2.47. The van der Waals surface area contributed by atoms with Crippen LogP contribution in [0.25, 0.3) is 0 Å². The van der Waals surface area contributed by atoms with Crippen molar-refractivity contribution in [3.8, 4) is 0 Å². The third-order valence-corrected chi connectivity index (χ3v) is 0. The van der Waals surface area contributed by atoms with E-state index in [2.05, 4.69) is 16.7 Å². The molecule has 0 fully saturated rings. The third-order valence-electron chi connectivity index (χ3n) is 0. The summed E-state index contributed by atoms with van der Waals surface area (Å²) in [6, 6.07) is 0. The first kappa shape index (κ1) is 22.6. The van der Waals surface area contributed by atoms with E-state index in [1.165, 1.54) is 0 Å². The van der Waals surface area contributed by atoms with Gasteiger partial charge >= 0.3 is 59.1 Å². The molecule has 10 heteroatoms. The second-order valence-corrected chi connectivity index (χ2v) is 1.36. The Hall–Kier alpha value is 1.75. The van der Waals surface area contributed by atoms with E-state index in [0.717, 1.165) is 0 Å². The third kappa shape index (κ3) is 244. The maximum Gasteiger partial charge on any atom is 1.00 e. The van der Waals surface area contributed by atoms with Gasteiger partial charge in [-0.3, -0.25) is 8.42 Å². The van der Waals surface area contributed by atoms with Crippen LogP contribution in [0.4, 0.5) is 0 Å². The van der Waals surface area contributed by atoms with Crippen LogP contribution in [-0.4, -0.2) is 17.5 Å². The SMILES string of the molecule is NON.O=S(=O)([O-])[O-].[Na+].[Na+]. The van der Waals surface area contributed by atoms with Crippen molar-refractivity contribution in [3.63, 3.8) is 0 Å². The van der Waals surface area contributed by atoms with Crippen molar-refractivity contribution in [1.82, 2.24) is 0 Å². The Kier molecular flexibility index (Phi) is 30.2. The van der Waals surface area contributed by atoms with E-state index in [9.17, 15) is 0 Å². The van der Waals surface area contributed by atoms with Gasteiger partial charge in [0.1, 0.15) is 0 Å². The molecule has 0 rings (SSSR count). The zero-order valence-electron chi connectivity index (χ0n) is 5.60. The number of nitrogens with two attached hydrogens (primary N) is 2. The van der Waals surface area contributed by atoms with Gasteiger partial charge in [0.2, 0.25) is 0 Å². The van der Waals surface area contributed by atoms with Crippen molar-refractivity contribution >= 4 is 10.4 Å². The van der Waals surface area contributed by atoms with Gasteiger partial charge in [-0.25, -0.2) is 4.94 Å². The molecular formula is H4N2Na2O5S. The van der Waals surface area contributed by atoms with E-state index >= 15 is 0 Å². The second-order valence-electron chi connectivity index (χ2n) is 0.544. The van der Waals surface area contributed by atoms with Crippen LogP contribution in [0.15, 0.2) is 0 Å². The van der Waals surface area contributed by atoms with Gasteiger partial charge in [0.25, 0.3) is 0 Å². The summed E-state index contributed by atoms with van der Waals surface area (Å²) < 4.78 is 34.1. The molecule has 0 aromatic rings. The predicted octanol–water partition coefficient (Wildman–Crippen LogP) is -8.58. The average Bonchev–Trinajstić information content (AvgIpc) is 1.27. The number of hydrogen-bond donors (Lipinski definition) is 2. The molecule has 0 heterocycles. The van der Waals surface area contributed by atoms with Crippen LogP contribution in [0.5, 0.6) is 0 Å². The molecule has 0 spiro atoms. The fraction of sp³-hybridized carbons (Fsp3) is 0. The van der Waals surface area contributed by atoms with Crippen LogP contribution in [0.3, 0.4) is 0 Å². The van der Waals surface area contributed by atoms with E-state index < -0.39 is 10.4 Å². The summed E-state index contributed by atoms with van der Waals surface area (Å²) >= 11 is 0. The molecule has 0 aliphatic carbocycles. The van der Waals surface area contributed by atoms with E-state index in [-0.39, 0.29) is 59.1 Å². The minimum atomic E-state index is -5.17. The maximum absolute atomic E-state index is 8.52. The van der Waals surface area contributed by atoms with Gasteiger partial charge in [0, 0.05) is 10.4 Å². The van der Waals surface area contributed by atoms with E-state index in [0.29, 0.717) is 0 Å². The topological polar surface area (TPSA) is 142 Å². The van der Waals surface area contributed by atoms with Crippen molar-refractivity contribution in [1.29, 1.82) is 0 Å². The largest absolute Gasteiger partial charge is 1.00 e. The Labute approximate surface area is 103 Å².